The fourth-order valence-corrected chi connectivity index (χ4v) is 6.61. The van der Waals surface area contributed by atoms with Gasteiger partial charge in [0, 0.05) is 49.5 Å². The fraction of sp³-hybridized carbons (Fsp3) is 0.568. The molecule has 0 fully saturated rings. The maximum absolute atomic E-state index is 12.9. The molecule has 2 heterocycles. The topological polar surface area (TPSA) is 134 Å². The van der Waals surface area contributed by atoms with Crippen LogP contribution in [-0.2, 0) is 30.5 Å². The normalized spacial score (nSPS) is 21.4. The number of aliphatic hydroxyl groups is 1. The summed E-state index contributed by atoms with van der Waals surface area (Å²) in [6.45, 7) is 6.93. The van der Waals surface area contributed by atoms with Crippen LogP contribution in [0.5, 0.6) is 23.0 Å². The van der Waals surface area contributed by atoms with Crippen molar-refractivity contribution >= 4 is 11.7 Å². The lowest BCUT2D eigenvalue weighted by molar-refractivity contribution is -0.121. The number of carbonyl (C=O) groups is 1. The SMILES string of the molecule is CNCOc1c2cc(c3c1OCC(CC1CCN=C(NCC(C)C)N1)C3)CCC(O)CC(=O)CCc1ccc(O)c(OC)c1C#CC2. The van der Waals surface area contributed by atoms with Crippen LogP contribution in [0.25, 0.3) is 0 Å². The zero-order valence-corrected chi connectivity index (χ0v) is 28.2. The van der Waals surface area contributed by atoms with Gasteiger partial charge in [0.15, 0.2) is 29.0 Å². The molecule has 10 nitrogen and oxygen atoms in total. The van der Waals surface area contributed by atoms with E-state index in [9.17, 15) is 15.0 Å². The molecule has 0 aromatic heterocycles. The number of ketones is 1. The van der Waals surface area contributed by atoms with Crippen LogP contribution in [0.4, 0.5) is 0 Å². The summed E-state index contributed by atoms with van der Waals surface area (Å²) in [7, 11) is 3.33. The lowest BCUT2D eigenvalue weighted by Crippen LogP contribution is -2.48. The number of hydrogen-bond acceptors (Lipinski definition) is 10. The number of ether oxygens (including phenoxy) is 3. The third-order valence-corrected chi connectivity index (χ3v) is 9.01. The van der Waals surface area contributed by atoms with E-state index in [0.29, 0.717) is 74.0 Å². The number of hydrogen-bond donors (Lipinski definition) is 5. The van der Waals surface area contributed by atoms with Crippen LogP contribution in [0.15, 0.2) is 23.2 Å². The Kier molecular flexibility index (Phi) is 11.9. The van der Waals surface area contributed by atoms with Crippen molar-refractivity contribution in [2.24, 2.45) is 16.8 Å². The summed E-state index contributed by atoms with van der Waals surface area (Å²) in [5.74, 6) is 9.93. The fourth-order valence-electron chi connectivity index (χ4n) is 6.61. The van der Waals surface area contributed by atoms with Gasteiger partial charge in [-0.15, -0.1) is 0 Å². The monoisotopic (exact) mass is 646 g/mol. The van der Waals surface area contributed by atoms with Crippen LogP contribution in [0, 0.1) is 23.7 Å². The lowest BCUT2D eigenvalue weighted by Gasteiger charge is -2.33. The zero-order valence-electron chi connectivity index (χ0n) is 28.2. The van der Waals surface area contributed by atoms with E-state index in [1.165, 1.54) is 7.11 Å². The molecule has 3 aliphatic rings. The number of nitrogens with one attached hydrogen (secondary N) is 3. The highest BCUT2D eigenvalue weighted by atomic mass is 16.5. The van der Waals surface area contributed by atoms with E-state index >= 15 is 0 Å². The van der Waals surface area contributed by atoms with Crippen LogP contribution in [0.1, 0.15) is 73.8 Å². The number of Topliss-reactive ketones (excluding diaryl/α,β-unsaturated/α-hetero) is 1. The maximum Gasteiger partial charge on any atom is 0.191 e. The molecular formula is C37H50N4O6. The van der Waals surface area contributed by atoms with Gasteiger partial charge in [0.05, 0.1) is 25.4 Å². The Morgan fingerprint density at radius 3 is 2.77 bits per heavy atom. The first-order chi connectivity index (χ1) is 22.7. The molecule has 0 radical (unpaired) electrons. The number of nitrogens with zero attached hydrogens (tertiary/aromatic N) is 1. The van der Waals surface area contributed by atoms with Crippen LogP contribution >= 0.6 is 0 Å². The van der Waals surface area contributed by atoms with Crippen LogP contribution in [0.3, 0.4) is 0 Å². The summed E-state index contributed by atoms with van der Waals surface area (Å²) < 4.78 is 18.4. The van der Waals surface area contributed by atoms with Gasteiger partial charge in [0.25, 0.3) is 0 Å². The van der Waals surface area contributed by atoms with Gasteiger partial charge < -0.3 is 35.1 Å². The second kappa shape index (κ2) is 16.2. The van der Waals surface area contributed by atoms with E-state index in [2.05, 4.69) is 52.7 Å². The molecule has 5 rings (SSSR count). The van der Waals surface area contributed by atoms with Crippen molar-refractivity contribution in [1.82, 2.24) is 16.0 Å². The summed E-state index contributed by atoms with van der Waals surface area (Å²) >= 11 is 0. The Balaban J connectivity index is 1.47. The molecule has 0 saturated carbocycles. The average Bonchev–Trinajstić information content (AvgIpc) is 3.05. The minimum Gasteiger partial charge on any atom is -0.504 e. The standard InChI is InChI=1S/C37H50N4O6/c1-23(2)20-40-37-39-15-14-28(41-37)16-24-17-32-26-9-12-30(43)19-29(42)11-8-25-10-13-33(44)35(45-4)31(25)7-5-6-27(18-26)34(47-22-38-3)36(32)46-21-24/h10,13,18,23-24,28,30,38,43-44H,6,8-9,11-12,14-17,19-22H2,1-4H3,(H2,39,40,41). The molecule has 2 aromatic rings. The van der Waals surface area contributed by atoms with Gasteiger partial charge in [-0.05, 0) is 74.6 Å². The number of aryl methyl sites for hydroxylation is 2. The van der Waals surface area contributed by atoms with E-state index in [1.807, 2.05) is 7.05 Å². The van der Waals surface area contributed by atoms with Gasteiger partial charge in [-0.2, -0.15) is 0 Å². The van der Waals surface area contributed by atoms with Gasteiger partial charge in [0.2, 0.25) is 0 Å². The molecule has 2 bridgehead atoms. The number of benzene rings is 2. The summed E-state index contributed by atoms with van der Waals surface area (Å²) in [4.78, 5) is 17.5. The highest BCUT2D eigenvalue weighted by Gasteiger charge is 2.31. The Bertz CT molecular complexity index is 1510. The van der Waals surface area contributed by atoms with E-state index in [4.69, 9.17) is 14.2 Å². The molecule has 0 amide bonds. The molecule has 10 heteroatoms. The molecule has 0 spiro atoms. The van der Waals surface area contributed by atoms with Crippen LogP contribution in [-0.4, -0.2) is 74.7 Å². The van der Waals surface area contributed by atoms with Crippen LogP contribution in [0.2, 0.25) is 0 Å². The average molecular weight is 647 g/mol. The van der Waals surface area contributed by atoms with E-state index in [1.54, 1.807) is 12.1 Å². The van der Waals surface area contributed by atoms with Gasteiger partial charge >= 0.3 is 0 Å². The first-order valence-corrected chi connectivity index (χ1v) is 17.0. The first-order valence-electron chi connectivity index (χ1n) is 17.0. The number of guanidine groups is 1. The summed E-state index contributed by atoms with van der Waals surface area (Å²) in [6, 6.07) is 5.79. The smallest absolute Gasteiger partial charge is 0.191 e. The number of aliphatic hydroxyl groups excluding tert-OH is 1. The highest BCUT2D eigenvalue weighted by Crippen LogP contribution is 2.43. The Morgan fingerprint density at radius 1 is 1.13 bits per heavy atom. The van der Waals surface area contributed by atoms with Crippen molar-refractivity contribution in [1.29, 1.82) is 0 Å². The number of methoxy groups -OCH3 is 1. The van der Waals surface area contributed by atoms with Gasteiger partial charge in [-0.25, -0.2) is 0 Å². The predicted octanol–water partition coefficient (Wildman–Crippen LogP) is 3.65. The second-order valence-corrected chi connectivity index (χ2v) is 13.3. The number of aromatic hydroxyl groups is 1. The second-order valence-electron chi connectivity index (χ2n) is 13.3. The van der Waals surface area contributed by atoms with Gasteiger partial charge in [0.1, 0.15) is 12.5 Å². The quantitative estimate of drug-likeness (QED) is 0.215. The lowest BCUT2D eigenvalue weighted by atomic mass is 9.85. The molecule has 0 saturated heterocycles. The number of carbonyl (C=O) groups excluding carboxylic acids is 1. The van der Waals surface area contributed by atoms with Gasteiger partial charge in [-0.1, -0.05) is 37.8 Å². The molecule has 1 aliphatic carbocycles. The zero-order chi connectivity index (χ0) is 33.3. The number of aliphatic imine (C=N–C) groups is 1. The number of rotatable bonds is 8. The molecule has 47 heavy (non-hydrogen) atoms. The number of phenolic OH excluding ortho intramolecular Hbond substituents is 1. The predicted molar refractivity (Wildman–Crippen MR) is 182 cm³/mol. The van der Waals surface area contributed by atoms with Gasteiger partial charge in [-0.3, -0.25) is 15.1 Å². The Morgan fingerprint density at radius 2 is 1.98 bits per heavy atom. The minimum atomic E-state index is -0.750. The summed E-state index contributed by atoms with van der Waals surface area (Å²) in [6.07, 6.45) is 4.27. The number of fused-ring (bicyclic) bond motifs is 5. The summed E-state index contributed by atoms with van der Waals surface area (Å²) in [5, 5.41) is 31.5. The Labute approximate surface area is 278 Å². The molecular weight excluding hydrogens is 596 g/mol. The minimum absolute atomic E-state index is 0.00367. The van der Waals surface area contributed by atoms with Crippen molar-refractivity contribution in [2.75, 3.05) is 40.6 Å². The van der Waals surface area contributed by atoms with Crippen molar-refractivity contribution in [3.8, 4) is 34.8 Å². The molecule has 5 N–H and O–H groups in total. The molecule has 2 aromatic carbocycles. The van der Waals surface area contributed by atoms with Crippen molar-refractivity contribution in [3.05, 3.63) is 46.0 Å². The third kappa shape index (κ3) is 8.91. The van der Waals surface area contributed by atoms with Crippen LogP contribution < -0.4 is 30.2 Å². The number of phenols is 1. The van der Waals surface area contributed by atoms with E-state index in [-0.39, 0.29) is 24.4 Å². The summed E-state index contributed by atoms with van der Waals surface area (Å²) in [5.41, 5.74) is 4.47. The van der Waals surface area contributed by atoms with Crippen molar-refractivity contribution in [2.45, 2.75) is 83.8 Å². The third-order valence-electron chi connectivity index (χ3n) is 9.01. The van der Waals surface area contributed by atoms with Crippen molar-refractivity contribution in [3.63, 3.8) is 0 Å². The first kappa shape index (κ1) is 34.4. The van der Waals surface area contributed by atoms with E-state index < -0.39 is 6.10 Å². The van der Waals surface area contributed by atoms with Crippen molar-refractivity contribution < 1.29 is 29.2 Å². The van der Waals surface area contributed by atoms with E-state index in [0.717, 1.165) is 66.3 Å². The highest BCUT2D eigenvalue weighted by molar-refractivity contribution is 5.80. The maximum atomic E-state index is 12.9. The molecule has 254 valence electrons. The Hall–Kier alpha value is -3.94. The molecule has 3 unspecified atom stereocenters. The largest absolute Gasteiger partial charge is 0.504 e. The molecule has 3 atom stereocenters. The molecule has 2 aliphatic heterocycles.